The first-order valence-corrected chi connectivity index (χ1v) is 13.3. The van der Waals surface area contributed by atoms with Gasteiger partial charge in [-0.25, -0.2) is 0 Å². The van der Waals surface area contributed by atoms with Gasteiger partial charge in [-0.2, -0.15) is 0 Å². The van der Waals surface area contributed by atoms with Gasteiger partial charge < -0.3 is 4.12 Å². The zero-order valence-electron chi connectivity index (χ0n) is 11.2. The SMILES string of the molecule is C[Si](Cl)(O[Si](C)(Cl)c1ccccc1)C1=CC=CCC1. The minimum Gasteiger partial charge on any atom is -0.427 e. The second-order valence-corrected chi connectivity index (χ2v) is 15.0. The van der Waals surface area contributed by atoms with Crippen molar-refractivity contribution in [1.29, 1.82) is 0 Å². The van der Waals surface area contributed by atoms with Crippen LogP contribution in [0, 0.1) is 0 Å². The van der Waals surface area contributed by atoms with E-state index in [1.54, 1.807) is 0 Å². The highest BCUT2D eigenvalue weighted by Gasteiger charge is 2.41. The Morgan fingerprint density at radius 2 is 1.74 bits per heavy atom. The van der Waals surface area contributed by atoms with Gasteiger partial charge in [0.15, 0.2) is 0 Å². The minimum absolute atomic E-state index is 0.985. The molecular weight excluding hydrogens is 311 g/mol. The van der Waals surface area contributed by atoms with E-state index < -0.39 is 15.3 Å². The molecule has 0 aliphatic heterocycles. The molecule has 2 rings (SSSR count). The summed E-state index contributed by atoms with van der Waals surface area (Å²) in [5.41, 5.74) is 0. The summed E-state index contributed by atoms with van der Waals surface area (Å²) in [7, 11) is -4.87. The average Bonchev–Trinajstić information content (AvgIpc) is 2.40. The second kappa shape index (κ2) is 5.98. The summed E-state index contributed by atoms with van der Waals surface area (Å²) in [6, 6.07) is 10.0. The van der Waals surface area contributed by atoms with Crippen molar-refractivity contribution in [3.63, 3.8) is 0 Å². The van der Waals surface area contributed by atoms with E-state index in [0.29, 0.717) is 0 Å². The van der Waals surface area contributed by atoms with Gasteiger partial charge in [0, 0.05) is 0 Å². The number of hydrogen-bond donors (Lipinski definition) is 0. The predicted molar refractivity (Wildman–Crippen MR) is 88.6 cm³/mol. The zero-order chi connectivity index (χ0) is 13.9. The molecule has 0 saturated carbocycles. The van der Waals surface area contributed by atoms with Gasteiger partial charge in [0.25, 0.3) is 0 Å². The van der Waals surface area contributed by atoms with E-state index in [4.69, 9.17) is 26.3 Å². The fourth-order valence-corrected chi connectivity index (χ4v) is 11.8. The Kier molecular flexibility index (Phi) is 4.74. The summed E-state index contributed by atoms with van der Waals surface area (Å²) in [5.74, 6) is 0. The van der Waals surface area contributed by atoms with Gasteiger partial charge in [-0.15, -0.1) is 22.2 Å². The van der Waals surface area contributed by atoms with Gasteiger partial charge in [-0.05, 0) is 36.3 Å². The monoisotopic (exact) mass is 328 g/mol. The van der Waals surface area contributed by atoms with Crippen molar-refractivity contribution in [2.75, 3.05) is 0 Å². The molecule has 1 nitrogen and oxygen atoms in total. The highest BCUT2D eigenvalue weighted by atomic mass is 35.6. The molecule has 2 unspecified atom stereocenters. The fourth-order valence-electron chi connectivity index (χ4n) is 2.19. The van der Waals surface area contributed by atoms with Gasteiger partial charge in [-0.3, -0.25) is 0 Å². The molecule has 2 atom stereocenters. The topological polar surface area (TPSA) is 9.23 Å². The lowest BCUT2D eigenvalue weighted by molar-refractivity contribution is 0.593. The van der Waals surface area contributed by atoms with Crippen molar-refractivity contribution in [2.45, 2.75) is 25.9 Å². The summed E-state index contributed by atoms with van der Waals surface area (Å²) in [4.78, 5) is 0. The van der Waals surface area contributed by atoms with Crippen LogP contribution in [0.4, 0.5) is 0 Å². The average molecular weight is 329 g/mol. The maximum Gasteiger partial charge on any atom is 0.310 e. The first kappa shape index (κ1) is 15.1. The maximum atomic E-state index is 6.71. The van der Waals surface area contributed by atoms with Crippen molar-refractivity contribution in [1.82, 2.24) is 0 Å². The van der Waals surface area contributed by atoms with Crippen LogP contribution in [-0.2, 0) is 4.12 Å². The van der Waals surface area contributed by atoms with E-state index in [1.165, 1.54) is 5.20 Å². The normalized spacial score (nSPS) is 21.4. The molecule has 1 aliphatic rings. The van der Waals surface area contributed by atoms with Crippen molar-refractivity contribution in [2.24, 2.45) is 0 Å². The lowest BCUT2D eigenvalue weighted by atomic mass is 10.2. The van der Waals surface area contributed by atoms with E-state index in [2.05, 4.69) is 18.2 Å². The van der Waals surface area contributed by atoms with E-state index in [9.17, 15) is 0 Å². The molecule has 0 N–H and O–H groups in total. The van der Waals surface area contributed by atoms with Gasteiger partial charge in [0.1, 0.15) is 0 Å². The van der Waals surface area contributed by atoms with E-state index in [0.717, 1.165) is 18.0 Å². The third-order valence-corrected chi connectivity index (χ3v) is 12.0. The van der Waals surface area contributed by atoms with Crippen molar-refractivity contribution in [3.05, 3.63) is 53.8 Å². The van der Waals surface area contributed by atoms with E-state index in [1.807, 2.05) is 43.4 Å². The van der Waals surface area contributed by atoms with Crippen LogP contribution in [0.5, 0.6) is 0 Å². The van der Waals surface area contributed by atoms with Crippen LogP contribution in [0.2, 0.25) is 13.1 Å². The quantitative estimate of drug-likeness (QED) is 0.589. The number of halogens is 2. The van der Waals surface area contributed by atoms with Crippen LogP contribution in [-0.4, -0.2) is 15.3 Å². The second-order valence-electron chi connectivity index (χ2n) is 4.96. The number of benzene rings is 1. The Morgan fingerprint density at radius 1 is 1.05 bits per heavy atom. The van der Waals surface area contributed by atoms with Crippen LogP contribution in [0.1, 0.15) is 12.8 Å². The lowest BCUT2D eigenvalue weighted by Gasteiger charge is -2.32. The van der Waals surface area contributed by atoms with Crippen LogP contribution in [0.3, 0.4) is 0 Å². The highest BCUT2D eigenvalue weighted by Crippen LogP contribution is 2.31. The maximum absolute atomic E-state index is 6.71. The smallest absolute Gasteiger partial charge is 0.310 e. The van der Waals surface area contributed by atoms with Crippen molar-refractivity contribution >= 4 is 42.6 Å². The Morgan fingerprint density at radius 3 is 2.32 bits per heavy atom. The molecule has 0 spiro atoms. The van der Waals surface area contributed by atoms with Crippen LogP contribution in [0.15, 0.2) is 53.8 Å². The molecule has 0 fully saturated rings. The summed E-state index contributed by atoms with van der Waals surface area (Å²) in [6.07, 6.45) is 8.33. The summed E-state index contributed by atoms with van der Waals surface area (Å²) in [6.45, 7) is 4.02. The molecule has 0 aromatic heterocycles. The Balaban J connectivity index is 2.19. The van der Waals surface area contributed by atoms with E-state index >= 15 is 0 Å². The molecule has 0 heterocycles. The molecule has 19 heavy (non-hydrogen) atoms. The van der Waals surface area contributed by atoms with Crippen molar-refractivity contribution in [3.8, 4) is 0 Å². The molecule has 1 aromatic carbocycles. The molecule has 0 amide bonds. The molecule has 1 aliphatic carbocycles. The summed E-state index contributed by atoms with van der Waals surface area (Å²) >= 11 is 13.4. The number of allylic oxidation sites excluding steroid dienone is 4. The molecular formula is C14H18Cl2OSi2. The zero-order valence-corrected chi connectivity index (χ0v) is 14.7. The molecule has 1 aromatic rings. The third kappa shape index (κ3) is 3.83. The number of hydrogen-bond acceptors (Lipinski definition) is 1. The lowest BCUT2D eigenvalue weighted by Crippen LogP contribution is -2.50. The molecule has 102 valence electrons. The van der Waals surface area contributed by atoms with Crippen LogP contribution >= 0.6 is 22.2 Å². The molecule has 5 heteroatoms. The van der Waals surface area contributed by atoms with Crippen LogP contribution < -0.4 is 5.19 Å². The summed E-state index contributed by atoms with van der Waals surface area (Å²) < 4.78 is 6.26. The Hall–Kier alpha value is -0.326. The van der Waals surface area contributed by atoms with E-state index in [-0.39, 0.29) is 0 Å². The Bertz CT molecular complexity index is 495. The highest BCUT2D eigenvalue weighted by molar-refractivity contribution is 7.31. The standard InChI is InChI=1S/C14H18Cl2OSi2/c1-18(15,13-9-5-3-6-10-13)17-19(2,16)14-11-7-4-8-12-14/h3-7,9-11H,8,12H2,1-2H3. The van der Waals surface area contributed by atoms with Gasteiger partial charge in [0.05, 0.1) is 0 Å². The Labute approximate surface area is 126 Å². The third-order valence-electron chi connectivity index (χ3n) is 3.26. The van der Waals surface area contributed by atoms with Crippen LogP contribution in [0.25, 0.3) is 0 Å². The minimum atomic E-state index is -2.46. The van der Waals surface area contributed by atoms with Crippen molar-refractivity contribution < 1.29 is 4.12 Å². The summed E-state index contributed by atoms with van der Waals surface area (Å²) in [5, 5.41) is 2.30. The van der Waals surface area contributed by atoms with Gasteiger partial charge in [0.2, 0.25) is 0 Å². The molecule has 0 saturated heterocycles. The number of rotatable bonds is 4. The predicted octanol–water partition coefficient (Wildman–Crippen LogP) is 4.35. The van der Waals surface area contributed by atoms with Gasteiger partial charge >= 0.3 is 15.3 Å². The first-order chi connectivity index (χ1) is 8.92. The fraction of sp³-hybridized carbons (Fsp3) is 0.286. The largest absolute Gasteiger partial charge is 0.427 e. The molecule has 0 radical (unpaired) electrons. The van der Waals surface area contributed by atoms with Gasteiger partial charge in [-0.1, -0.05) is 48.6 Å². The molecule has 0 bridgehead atoms. The first-order valence-electron chi connectivity index (χ1n) is 6.41.